The first kappa shape index (κ1) is 12.7. The van der Waals surface area contributed by atoms with Crippen molar-refractivity contribution < 1.29 is 8.42 Å². The maximum absolute atomic E-state index is 12.3. The Balaban J connectivity index is 2.01. The SMILES string of the molecule is Cc1ccc(S(=O)(=O)Nc2cccn3ccnc23)cc1. The van der Waals surface area contributed by atoms with Crippen LogP contribution in [0.25, 0.3) is 5.65 Å². The lowest BCUT2D eigenvalue weighted by atomic mass is 10.2. The zero-order valence-corrected chi connectivity index (χ0v) is 11.6. The van der Waals surface area contributed by atoms with Gasteiger partial charge in [-0.2, -0.15) is 0 Å². The Kier molecular flexibility index (Phi) is 2.94. The zero-order valence-electron chi connectivity index (χ0n) is 10.8. The highest BCUT2D eigenvalue weighted by Gasteiger charge is 2.15. The molecule has 0 radical (unpaired) electrons. The van der Waals surface area contributed by atoms with E-state index in [9.17, 15) is 8.42 Å². The van der Waals surface area contributed by atoms with Gasteiger partial charge in [0.05, 0.1) is 10.6 Å². The average Bonchev–Trinajstić information content (AvgIpc) is 2.88. The Bertz CT molecular complexity index is 852. The van der Waals surface area contributed by atoms with Crippen molar-refractivity contribution in [2.75, 3.05) is 4.72 Å². The van der Waals surface area contributed by atoms with Crippen LogP contribution in [0.3, 0.4) is 0 Å². The summed E-state index contributed by atoms with van der Waals surface area (Å²) < 4.78 is 29.0. The van der Waals surface area contributed by atoms with E-state index in [4.69, 9.17) is 0 Å². The number of imidazole rings is 1. The third-order valence-electron chi connectivity index (χ3n) is 2.99. The summed E-state index contributed by atoms with van der Waals surface area (Å²) >= 11 is 0. The fraction of sp³-hybridized carbons (Fsp3) is 0.0714. The summed E-state index contributed by atoms with van der Waals surface area (Å²) in [7, 11) is -3.60. The first-order valence-corrected chi connectivity index (χ1v) is 7.56. The maximum Gasteiger partial charge on any atom is 0.262 e. The molecule has 0 amide bonds. The van der Waals surface area contributed by atoms with Crippen molar-refractivity contribution in [3.05, 3.63) is 60.6 Å². The highest BCUT2D eigenvalue weighted by molar-refractivity contribution is 7.92. The average molecular weight is 287 g/mol. The number of aryl methyl sites for hydroxylation is 1. The standard InChI is InChI=1S/C14H13N3O2S/c1-11-4-6-12(7-5-11)20(18,19)16-13-3-2-9-17-10-8-15-14(13)17/h2-10,16H,1H3. The number of nitrogens with one attached hydrogen (secondary N) is 1. The van der Waals surface area contributed by atoms with Gasteiger partial charge in [-0.05, 0) is 31.2 Å². The summed E-state index contributed by atoms with van der Waals surface area (Å²) in [5.41, 5.74) is 2.04. The van der Waals surface area contributed by atoms with E-state index in [1.54, 1.807) is 53.2 Å². The molecule has 2 heterocycles. The van der Waals surface area contributed by atoms with Gasteiger partial charge in [0.1, 0.15) is 0 Å². The van der Waals surface area contributed by atoms with Crippen molar-refractivity contribution in [2.45, 2.75) is 11.8 Å². The number of fused-ring (bicyclic) bond motifs is 1. The number of hydrogen-bond donors (Lipinski definition) is 1. The number of anilines is 1. The van der Waals surface area contributed by atoms with Crippen LogP contribution in [0, 0.1) is 6.92 Å². The fourth-order valence-corrected chi connectivity index (χ4v) is 3.01. The van der Waals surface area contributed by atoms with E-state index in [2.05, 4.69) is 9.71 Å². The van der Waals surface area contributed by atoms with Crippen LogP contribution in [-0.2, 0) is 10.0 Å². The molecule has 102 valence electrons. The second kappa shape index (κ2) is 4.64. The van der Waals surface area contributed by atoms with Gasteiger partial charge in [-0.1, -0.05) is 17.7 Å². The molecule has 20 heavy (non-hydrogen) atoms. The molecule has 0 aliphatic carbocycles. The largest absolute Gasteiger partial charge is 0.305 e. The van der Waals surface area contributed by atoms with E-state index >= 15 is 0 Å². The number of nitrogens with zero attached hydrogens (tertiary/aromatic N) is 2. The van der Waals surface area contributed by atoms with Crippen molar-refractivity contribution >= 4 is 21.4 Å². The summed E-state index contributed by atoms with van der Waals surface area (Å²) in [5.74, 6) is 0. The number of pyridine rings is 1. The molecular formula is C14H13N3O2S. The third-order valence-corrected chi connectivity index (χ3v) is 4.38. The van der Waals surface area contributed by atoms with Gasteiger partial charge in [-0.25, -0.2) is 13.4 Å². The molecule has 3 aromatic rings. The quantitative estimate of drug-likeness (QED) is 0.804. The van der Waals surface area contributed by atoms with Crippen LogP contribution < -0.4 is 4.72 Å². The maximum atomic E-state index is 12.3. The molecule has 0 aliphatic heterocycles. The van der Waals surface area contributed by atoms with Crippen molar-refractivity contribution in [2.24, 2.45) is 0 Å². The van der Waals surface area contributed by atoms with Gasteiger partial charge in [0, 0.05) is 18.6 Å². The molecule has 0 fully saturated rings. The lowest BCUT2D eigenvalue weighted by Crippen LogP contribution is -2.13. The number of rotatable bonds is 3. The Morgan fingerprint density at radius 3 is 2.60 bits per heavy atom. The predicted octanol–water partition coefficient (Wildman–Crippen LogP) is 2.44. The van der Waals surface area contributed by atoms with E-state index < -0.39 is 10.0 Å². The van der Waals surface area contributed by atoms with E-state index in [-0.39, 0.29) is 4.90 Å². The molecule has 0 aliphatic rings. The van der Waals surface area contributed by atoms with Crippen LogP contribution >= 0.6 is 0 Å². The first-order chi connectivity index (χ1) is 9.56. The highest BCUT2D eigenvalue weighted by Crippen LogP contribution is 2.20. The summed E-state index contributed by atoms with van der Waals surface area (Å²) in [6.07, 6.45) is 5.20. The Labute approximate surface area is 117 Å². The van der Waals surface area contributed by atoms with Crippen LogP contribution in [0.2, 0.25) is 0 Å². The van der Waals surface area contributed by atoms with E-state index in [0.717, 1.165) is 5.56 Å². The number of aromatic nitrogens is 2. The monoisotopic (exact) mass is 287 g/mol. The Morgan fingerprint density at radius 1 is 1.10 bits per heavy atom. The minimum absolute atomic E-state index is 0.233. The normalized spacial score (nSPS) is 11.7. The number of hydrogen-bond acceptors (Lipinski definition) is 3. The van der Waals surface area contributed by atoms with Crippen LogP contribution in [-0.4, -0.2) is 17.8 Å². The van der Waals surface area contributed by atoms with Crippen LogP contribution in [0.5, 0.6) is 0 Å². The minimum atomic E-state index is -3.60. The molecule has 0 unspecified atom stereocenters. The summed E-state index contributed by atoms with van der Waals surface area (Å²) in [6, 6.07) is 10.2. The predicted molar refractivity (Wildman–Crippen MR) is 77.2 cm³/mol. The van der Waals surface area contributed by atoms with Gasteiger partial charge in [0.15, 0.2) is 5.65 Å². The third kappa shape index (κ3) is 2.25. The lowest BCUT2D eigenvalue weighted by molar-refractivity contribution is 0.601. The molecule has 6 heteroatoms. The molecule has 0 spiro atoms. The molecule has 0 bridgehead atoms. The van der Waals surface area contributed by atoms with Gasteiger partial charge in [-0.15, -0.1) is 0 Å². The molecule has 1 N–H and O–H groups in total. The van der Waals surface area contributed by atoms with Crippen molar-refractivity contribution in [1.29, 1.82) is 0 Å². The molecule has 0 saturated heterocycles. The van der Waals surface area contributed by atoms with Gasteiger partial charge >= 0.3 is 0 Å². The molecule has 5 nitrogen and oxygen atoms in total. The summed E-state index contributed by atoms with van der Waals surface area (Å²) in [6.45, 7) is 1.91. The fourth-order valence-electron chi connectivity index (χ4n) is 1.95. The van der Waals surface area contributed by atoms with E-state index in [0.29, 0.717) is 11.3 Å². The van der Waals surface area contributed by atoms with E-state index in [1.165, 1.54) is 0 Å². The van der Waals surface area contributed by atoms with Gasteiger partial charge < -0.3 is 4.40 Å². The van der Waals surface area contributed by atoms with Crippen LogP contribution in [0.4, 0.5) is 5.69 Å². The molecule has 1 aromatic carbocycles. The molecular weight excluding hydrogens is 274 g/mol. The smallest absolute Gasteiger partial charge is 0.262 e. The Morgan fingerprint density at radius 2 is 1.85 bits per heavy atom. The van der Waals surface area contributed by atoms with E-state index in [1.807, 2.05) is 13.1 Å². The zero-order chi connectivity index (χ0) is 14.2. The molecule has 0 atom stereocenters. The second-order valence-corrected chi connectivity index (χ2v) is 6.18. The second-order valence-electron chi connectivity index (χ2n) is 4.50. The Hall–Kier alpha value is -2.34. The molecule has 0 saturated carbocycles. The van der Waals surface area contributed by atoms with Gasteiger partial charge in [-0.3, -0.25) is 4.72 Å². The van der Waals surface area contributed by atoms with Gasteiger partial charge in [0.25, 0.3) is 10.0 Å². The molecule has 3 rings (SSSR count). The first-order valence-electron chi connectivity index (χ1n) is 6.07. The van der Waals surface area contributed by atoms with Crippen LogP contribution in [0.15, 0.2) is 59.9 Å². The number of sulfonamides is 1. The van der Waals surface area contributed by atoms with Gasteiger partial charge in [0.2, 0.25) is 0 Å². The van der Waals surface area contributed by atoms with Crippen molar-refractivity contribution in [3.8, 4) is 0 Å². The van der Waals surface area contributed by atoms with Crippen molar-refractivity contribution in [1.82, 2.24) is 9.38 Å². The topological polar surface area (TPSA) is 63.5 Å². The van der Waals surface area contributed by atoms with Crippen molar-refractivity contribution in [3.63, 3.8) is 0 Å². The van der Waals surface area contributed by atoms with Crippen LogP contribution in [0.1, 0.15) is 5.56 Å². The summed E-state index contributed by atoms with van der Waals surface area (Å²) in [5, 5.41) is 0. The lowest BCUT2D eigenvalue weighted by Gasteiger charge is -2.09. The number of benzene rings is 1. The molecule has 2 aromatic heterocycles. The highest BCUT2D eigenvalue weighted by atomic mass is 32.2. The minimum Gasteiger partial charge on any atom is -0.305 e. The summed E-state index contributed by atoms with van der Waals surface area (Å²) in [4.78, 5) is 4.38.